The van der Waals surface area contributed by atoms with Gasteiger partial charge < -0.3 is 0 Å². The molecule has 2 fully saturated rings. The summed E-state index contributed by atoms with van der Waals surface area (Å²) in [4.78, 5) is 7.32. The molecule has 1 saturated heterocycles. The molecular formula is C17H19ClN2S. The SMILES string of the molecule is ClCc1csc(-c2ccccc2CN2CC3CCC2C3)n1. The molecule has 110 valence electrons. The zero-order chi connectivity index (χ0) is 14.2. The Bertz CT molecular complexity index is 639. The van der Waals surface area contributed by atoms with Crippen LogP contribution in [0.15, 0.2) is 29.6 Å². The lowest BCUT2D eigenvalue weighted by molar-refractivity contribution is 0.205. The van der Waals surface area contributed by atoms with Crippen LogP contribution in [-0.2, 0) is 12.4 Å². The highest BCUT2D eigenvalue weighted by Gasteiger charge is 2.37. The largest absolute Gasteiger partial charge is 0.296 e. The van der Waals surface area contributed by atoms with E-state index in [-0.39, 0.29) is 0 Å². The fraction of sp³-hybridized carbons (Fsp3) is 0.471. The number of benzene rings is 1. The van der Waals surface area contributed by atoms with Crippen LogP contribution < -0.4 is 0 Å². The van der Waals surface area contributed by atoms with Crippen molar-refractivity contribution in [1.82, 2.24) is 9.88 Å². The normalized spacial score (nSPS) is 24.8. The molecule has 1 aliphatic carbocycles. The summed E-state index contributed by atoms with van der Waals surface area (Å²) in [6.45, 7) is 2.34. The van der Waals surface area contributed by atoms with Gasteiger partial charge in [0.2, 0.25) is 0 Å². The molecule has 0 amide bonds. The van der Waals surface area contributed by atoms with Crippen LogP contribution in [0.1, 0.15) is 30.5 Å². The third-order valence-corrected chi connectivity index (χ3v) is 6.03. The van der Waals surface area contributed by atoms with E-state index in [0.717, 1.165) is 29.2 Å². The average Bonchev–Trinajstić information content (AvgIpc) is 3.24. The average molecular weight is 319 g/mol. The van der Waals surface area contributed by atoms with Crippen LogP contribution in [-0.4, -0.2) is 22.5 Å². The standard InChI is InChI=1S/C17H19ClN2S/c18-8-14-11-21-17(19-14)16-4-2-1-3-13(16)10-20-9-12-5-6-15(20)7-12/h1-4,11-12,15H,5-10H2. The van der Waals surface area contributed by atoms with E-state index in [2.05, 4.69) is 39.5 Å². The summed E-state index contributed by atoms with van der Waals surface area (Å²) >= 11 is 7.58. The van der Waals surface area contributed by atoms with E-state index in [9.17, 15) is 0 Å². The molecular weight excluding hydrogens is 300 g/mol. The van der Waals surface area contributed by atoms with Crippen molar-refractivity contribution in [2.75, 3.05) is 6.54 Å². The highest BCUT2D eigenvalue weighted by molar-refractivity contribution is 7.13. The smallest absolute Gasteiger partial charge is 0.123 e. The molecule has 0 spiro atoms. The highest BCUT2D eigenvalue weighted by Crippen LogP contribution is 2.39. The van der Waals surface area contributed by atoms with Crippen LogP contribution in [0.3, 0.4) is 0 Å². The van der Waals surface area contributed by atoms with Crippen LogP contribution in [0.5, 0.6) is 0 Å². The number of likely N-dealkylation sites (tertiary alicyclic amines) is 1. The van der Waals surface area contributed by atoms with Crippen molar-refractivity contribution < 1.29 is 0 Å². The summed E-state index contributed by atoms with van der Waals surface area (Å²) in [6.07, 6.45) is 4.24. The van der Waals surface area contributed by atoms with Crippen molar-refractivity contribution in [2.45, 2.75) is 37.7 Å². The molecule has 2 aromatic rings. The van der Waals surface area contributed by atoms with E-state index in [1.54, 1.807) is 11.3 Å². The molecule has 1 saturated carbocycles. The first-order chi connectivity index (χ1) is 10.3. The van der Waals surface area contributed by atoms with E-state index in [1.807, 2.05) is 0 Å². The summed E-state index contributed by atoms with van der Waals surface area (Å²) < 4.78 is 0. The Morgan fingerprint density at radius 3 is 2.90 bits per heavy atom. The molecule has 2 aliphatic rings. The molecule has 1 aromatic carbocycles. The summed E-state index contributed by atoms with van der Waals surface area (Å²) in [7, 11) is 0. The summed E-state index contributed by atoms with van der Waals surface area (Å²) in [5.41, 5.74) is 3.66. The van der Waals surface area contributed by atoms with E-state index < -0.39 is 0 Å². The molecule has 4 heteroatoms. The van der Waals surface area contributed by atoms with E-state index in [0.29, 0.717) is 5.88 Å². The second kappa shape index (κ2) is 5.71. The van der Waals surface area contributed by atoms with Gasteiger partial charge in [-0.15, -0.1) is 22.9 Å². The maximum Gasteiger partial charge on any atom is 0.123 e. The van der Waals surface area contributed by atoms with Crippen molar-refractivity contribution in [3.8, 4) is 10.6 Å². The van der Waals surface area contributed by atoms with Crippen LogP contribution in [0, 0.1) is 5.92 Å². The zero-order valence-corrected chi connectivity index (χ0v) is 13.5. The van der Waals surface area contributed by atoms with Crippen molar-refractivity contribution in [3.05, 3.63) is 40.9 Å². The van der Waals surface area contributed by atoms with Crippen LogP contribution in [0.25, 0.3) is 10.6 Å². The van der Waals surface area contributed by atoms with Crippen molar-refractivity contribution in [1.29, 1.82) is 0 Å². The van der Waals surface area contributed by atoms with E-state index in [1.165, 1.54) is 36.9 Å². The Labute approximate surface area is 134 Å². The molecule has 2 unspecified atom stereocenters. The van der Waals surface area contributed by atoms with Gasteiger partial charge in [-0.1, -0.05) is 24.3 Å². The molecule has 2 nitrogen and oxygen atoms in total. The number of halogens is 1. The van der Waals surface area contributed by atoms with Gasteiger partial charge in [-0.05, 0) is 30.7 Å². The predicted octanol–water partition coefficient (Wildman–Crippen LogP) is 4.53. The maximum atomic E-state index is 5.88. The molecule has 2 heterocycles. The molecule has 0 N–H and O–H groups in total. The second-order valence-electron chi connectivity index (χ2n) is 6.20. The van der Waals surface area contributed by atoms with Gasteiger partial charge in [0.25, 0.3) is 0 Å². The number of hydrogen-bond donors (Lipinski definition) is 0. The lowest BCUT2D eigenvalue weighted by Crippen LogP contribution is -2.31. The van der Waals surface area contributed by atoms with Crippen molar-refractivity contribution >= 4 is 22.9 Å². The lowest BCUT2D eigenvalue weighted by Gasteiger charge is -2.27. The van der Waals surface area contributed by atoms with Gasteiger partial charge in [0.1, 0.15) is 5.01 Å². The molecule has 4 rings (SSSR count). The fourth-order valence-electron chi connectivity index (χ4n) is 3.80. The number of hydrogen-bond acceptors (Lipinski definition) is 3. The summed E-state index contributed by atoms with van der Waals surface area (Å²) in [5, 5.41) is 3.17. The molecule has 1 aliphatic heterocycles. The highest BCUT2D eigenvalue weighted by atomic mass is 35.5. The first-order valence-corrected chi connectivity index (χ1v) is 9.07. The Hall–Kier alpha value is -0.900. The minimum atomic E-state index is 0.495. The maximum absolute atomic E-state index is 5.88. The van der Waals surface area contributed by atoms with Gasteiger partial charge in [-0.2, -0.15) is 0 Å². The summed E-state index contributed by atoms with van der Waals surface area (Å²) in [5.74, 6) is 1.44. The number of aromatic nitrogens is 1. The number of rotatable bonds is 4. The minimum Gasteiger partial charge on any atom is -0.296 e. The van der Waals surface area contributed by atoms with Gasteiger partial charge in [0.15, 0.2) is 0 Å². The third kappa shape index (κ3) is 2.63. The number of piperidine rings is 1. The number of nitrogens with zero attached hydrogens (tertiary/aromatic N) is 2. The Morgan fingerprint density at radius 1 is 1.29 bits per heavy atom. The number of fused-ring (bicyclic) bond motifs is 2. The van der Waals surface area contributed by atoms with Crippen molar-refractivity contribution in [3.63, 3.8) is 0 Å². The Balaban J connectivity index is 1.60. The van der Waals surface area contributed by atoms with Crippen molar-refractivity contribution in [2.24, 2.45) is 5.92 Å². The molecule has 1 aromatic heterocycles. The minimum absolute atomic E-state index is 0.495. The lowest BCUT2D eigenvalue weighted by atomic mass is 10.1. The fourth-order valence-corrected chi connectivity index (χ4v) is 4.91. The third-order valence-electron chi connectivity index (χ3n) is 4.83. The van der Waals surface area contributed by atoms with Crippen LogP contribution in [0.2, 0.25) is 0 Å². The quantitative estimate of drug-likeness (QED) is 0.770. The van der Waals surface area contributed by atoms with Crippen LogP contribution >= 0.6 is 22.9 Å². The zero-order valence-electron chi connectivity index (χ0n) is 12.0. The van der Waals surface area contributed by atoms with Gasteiger partial charge >= 0.3 is 0 Å². The monoisotopic (exact) mass is 318 g/mol. The molecule has 2 bridgehead atoms. The molecule has 0 radical (unpaired) electrons. The number of alkyl halides is 1. The van der Waals surface area contributed by atoms with Gasteiger partial charge in [-0.25, -0.2) is 4.98 Å². The van der Waals surface area contributed by atoms with Crippen LogP contribution in [0.4, 0.5) is 0 Å². The van der Waals surface area contributed by atoms with E-state index >= 15 is 0 Å². The van der Waals surface area contributed by atoms with Gasteiger partial charge in [0.05, 0.1) is 11.6 Å². The van der Waals surface area contributed by atoms with Gasteiger partial charge in [-0.3, -0.25) is 4.90 Å². The second-order valence-corrected chi connectivity index (χ2v) is 7.32. The first kappa shape index (κ1) is 13.7. The summed E-state index contributed by atoms with van der Waals surface area (Å²) in [6, 6.07) is 9.52. The van der Waals surface area contributed by atoms with E-state index in [4.69, 9.17) is 11.6 Å². The molecule has 21 heavy (non-hydrogen) atoms. The predicted molar refractivity (Wildman–Crippen MR) is 88.6 cm³/mol. The Morgan fingerprint density at radius 2 is 2.19 bits per heavy atom. The van der Waals surface area contributed by atoms with Gasteiger partial charge in [0, 0.05) is 30.1 Å². The first-order valence-electron chi connectivity index (χ1n) is 7.66. The number of thiazole rings is 1. The topological polar surface area (TPSA) is 16.1 Å². The Kier molecular flexibility index (Phi) is 3.74. The molecule has 2 atom stereocenters.